The summed E-state index contributed by atoms with van der Waals surface area (Å²) in [6, 6.07) is 5.11. The van der Waals surface area contributed by atoms with Crippen LogP contribution < -0.4 is 5.32 Å². The molecule has 0 atom stereocenters. The fourth-order valence-corrected chi connectivity index (χ4v) is 3.48. The van der Waals surface area contributed by atoms with Crippen molar-refractivity contribution in [3.63, 3.8) is 0 Å². The molecule has 1 aliphatic carbocycles. The van der Waals surface area contributed by atoms with Gasteiger partial charge in [0.05, 0.1) is 10.5 Å². The number of hydrogen-bond donors (Lipinski definition) is 2. The van der Waals surface area contributed by atoms with Crippen molar-refractivity contribution in [2.75, 3.05) is 11.6 Å². The lowest BCUT2D eigenvalue weighted by atomic mass is 9.85. The first-order valence-electron chi connectivity index (χ1n) is 8.15. The lowest BCUT2D eigenvalue weighted by Gasteiger charge is -2.25. The number of rotatable bonds is 6. The van der Waals surface area contributed by atoms with Gasteiger partial charge in [-0.15, -0.1) is 0 Å². The van der Waals surface area contributed by atoms with E-state index < -0.39 is 21.7 Å². The fourth-order valence-electron chi connectivity index (χ4n) is 2.79. The van der Waals surface area contributed by atoms with Crippen LogP contribution in [0.15, 0.2) is 35.4 Å². The van der Waals surface area contributed by atoms with E-state index in [1.54, 1.807) is 10.7 Å². The summed E-state index contributed by atoms with van der Waals surface area (Å²) in [5, 5.41) is 15.9. The zero-order valence-electron chi connectivity index (χ0n) is 14.2. The number of carboxylic acids is 1. The maximum Gasteiger partial charge on any atom is 0.335 e. The average molecular weight is 377 g/mol. The Kier molecular flexibility index (Phi) is 4.82. The monoisotopic (exact) mass is 377 g/mol. The molecule has 1 fully saturated rings. The highest BCUT2D eigenvalue weighted by atomic mass is 32.2. The Labute approximate surface area is 150 Å². The standard InChI is InChI=1S/C17H19N3O5S/c1-26(24,25)14-8-12(17(22)23)7-13(9-14)19-16(21)15-5-6-18-20(15)10-11-3-2-4-11/h5-9,11H,2-4,10H2,1H3,(H,19,21)(H,22,23). The Hall–Kier alpha value is -2.68. The number of carbonyl (C=O) groups excluding carboxylic acids is 1. The van der Waals surface area contributed by atoms with Gasteiger partial charge in [0.15, 0.2) is 9.84 Å². The topological polar surface area (TPSA) is 118 Å². The molecule has 0 aliphatic heterocycles. The van der Waals surface area contributed by atoms with Crippen LogP contribution in [0.2, 0.25) is 0 Å². The zero-order valence-corrected chi connectivity index (χ0v) is 15.0. The van der Waals surface area contributed by atoms with E-state index >= 15 is 0 Å². The van der Waals surface area contributed by atoms with Gasteiger partial charge in [-0.3, -0.25) is 9.48 Å². The Bertz CT molecular complexity index is 961. The second-order valence-electron chi connectivity index (χ2n) is 6.47. The molecule has 26 heavy (non-hydrogen) atoms. The van der Waals surface area contributed by atoms with Gasteiger partial charge in [-0.1, -0.05) is 6.42 Å². The van der Waals surface area contributed by atoms with Crippen LogP contribution in [0.1, 0.15) is 40.1 Å². The molecular weight excluding hydrogens is 358 g/mol. The molecule has 0 unspecified atom stereocenters. The number of benzene rings is 1. The molecule has 1 aliphatic rings. The third-order valence-electron chi connectivity index (χ3n) is 4.44. The van der Waals surface area contributed by atoms with Gasteiger partial charge >= 0.3 is 5.97 Å². The van der Waals surface area contributed by atoms with E-state index in [9.17, 15) is 23.1 Å². The molecule has 0 spiro atoms. The largest absolute Gasteiger partial charge is 0.478 e. The summed E-state index contributed by atoms with van der Waals surface area (Å²) in [6.45, 7) is 0.652. The molecule has 0 bridgehead atoms. The summed E-state index contributed by atoms with van der Waals surface area (Å²) in [6.07, 6.45) is 5.92. The number of aromatic carboxylic acids is 1. The highest BCUT2D eigenvalue weighted by Gasteiger charge is 2.22. The SMILES string of the molecule is CS(=O)(=O)c1cc(NC(=O)c2ccnn2CC2CCC2)cc(C(=O)O)c1. The van der Waals surface area contributed by atoms with Gasteiger partial charge in [0.2, 0.25) is 0 Å². The van der Waals surface area contributed by atoms with E-state index in [1.807, 2.05) is 0 Å². The molecule has 9 heteroatoms. The van der Waals surface area contributed by atoms with Crippen molar-refractivity contribution in [3.05, 3.63) is 41.7 Å². The second kappa shape index (κ2) is 6.91. The molecule has 8 nitrogen and oxygen atoms in total. The Morgan fingerprint density at radius 1 is 1.31 bits per heavy atom. The summed E-state index contributed by atoms with van der Waals surface area (Å²) in [4.78, 5) is 23.6. The number of carboxylic acid groups (broad SMARTS) is 1. The van der Waals surface area contributed by atoms with Gasteiger partial charge in [0, 0.05) is 24.7 Å². The van der Waals surface area contributed by atoms with Crippen molar-refractivity contribution in [1.82, 2.24) is 9.78 Å². The van der Waals surface area contributed by atoms with E-state index in [0.29, 0.717) is 18.2 Å². The van der Waals surface area contributed by atoms with Crippen molar-refractivity contribution in [3.8, 4) is 0 Å². The summed E-state index contributed by atoms with van der Waals surface area (Å²) in [5.74, 6) is -1.24. The van der Waals surface area contributed by atoms with E-state index in [0.717, 1.165) is 25.2 Å². The zero-order chi connectivity index (χ0) is 18.9. The van der Waals surface area contributed by atoms with Gasteiger partial charge in [-0.25, -0.2) is 13.2 Å². The summed E-state index contributed by atoms with van der Waals surface area (Å²) in [5.41, 5.74) is 0.233. The minimum atomic E-state index is -3.62. The molecule has 3 rings (SSSR count). The molecule has 2 N–H and O–H groups in total. The quantitative estimate of drug-likeness (QED) is 0.795. The Morgan fingerprint density at radius 3 is 2.62 bits per heavy atom. The number of carbonyl (C=O) groups is 2. The third-order valence-corrected chi connectivity index (χ3v) is 5.54. The van der Waals surface area contributed by atoms with E-state index in [1.165, 1.54) is 24.8 Å². The van der Waals surface area contributed by atoms with Crippen molar-refractivity contribution < 1.29 is 23.1 Å². The minimum Gasteiger partial charge on any atom is -0.478 e. The molecule has 138 valence electrons. The number of hydrogen-bond acceptors (Lipinski definition) is 5. The van der Waals surface area contributed by atoms with Crippen LogP contribution >= 0.6 is 0 Å². The van der Waals surface area contributed by atoms with Crippen LogP contribution in [0, 0.1) is 5.92 Å². The van der Waals surface area contributed by atoms with Crippen LogP contribution in [0.25, 0.3) is 0 Å². The van der Waals surface area contributed by atoms with Crippen molar-refractivity contribution in [2.24, 2.45) is 5.92 Å². The highest BCUT2D eigenvalue weighted by Crippen LogP contribution is 2.28. The van der Waals surface area contributed by atoms with Gasteiger partial charge in [-0.2, -0.15) is 5.10 Å². The maximum atomic E-state index is 12.6. The number of nitrogens with one attached hydrogen (secondary N) is 1. The highest BCUT2D eigenvalue weighted by molar-refractivity contribution is 7.90. The van der Waals surface area contributed by atoms with Crippen LogP contribution in [0.5, 0.6) is 0 Å². The molecule has 1 saturated carbocycles. The predicted molar refractivity (Wildman–Crippen MR) is 94.0 cm³/mol. The molecule has 0 radical (unpaired) electrons. The summed E-state index contributed by atoms with van der Waals surface area (Å²) < 4.78 is 25.2. The molecule has 1 aromatic carbocycles. The van der Waals surface area contributed by atoms with Gasteiger partial charge in [0.1, 0.15) is 5.69 Å². The second-order valence-corrected chi connectivity index (χ2v) is 8.49. The first-order chi connectivity index (χ1) is 12.2. The third kappa shape index (κ3) is 3.93. The molecule has 1 aromatic heterocycles. The predicted octanol–water partition coefficient (Wildman–Crippen LogP) is 2.04. The smallest absolute Gasteiger partial charge is 0.335 e. The van der Waals surface area contributed by atoms with Crippen LogP contribution in [0.4, 0.5) is 5.69 Å². The van der Waals surface area contributed by atoms with Crippen molar-refractivity contribution >= 4 is 27.4 Å². The van der Waals surface area contributed by atoms with Crippen molar-refractivity contribution in [2.45, 2.75) is 30.7 Å². The van der Waals surface area contributed by atoms with Gasteiger partial charge in [-0.05, 0) is 43.0 Å². The Balaban J connectivity index is 1.86. The van der Waals surface area contributed by atoms with Crippen molar-refractivity contribution in [1.29, 1.82) is 0 Å². The lowest BCUT2D eigenvalue weighted by molar-refractivity contribution is 0.0696. The molecule has 2 aromatic rings. The molecule has 1 heterocycles. The summed E-state index contributed by atoms with van der Waals surface area (Å²) >= 11 is 0. The van der Waals surface area contributed by atoms with Crippen LogP contribution in [-0.4, -0.2) is 41.4 Å². The average Bonchev–Trinajstić information content (AvgIpc) is 2.98. The normalized spacial score (nSPS) is 14.7. The van der Waals surface area contributed by atoms with E-state index in [4.69, 9.17) is 0 Å². The van der Waals surface area contributed by atoms with Crippen LogP contribution in [0.3, 0.4) is 0 Å². The van der Waals surface area contributed by atoms with Gasteiger partial charge in [0.25, 0.3) is 5.91 Å². The minimum absolute atomic E-state index is 0.103. The number of amides is 1. The maximum absolute atomic E-state index is 12.6. The number of nitrogens with zero attached hydrogens (tertiary/aromatic N) is 2. The first kappa shape index (κ1) is 18.1. The summed E-state index contributed by atoms with van der Waals surface area (Å²) in [7, 11) is -3.62. The van der Waals surface area contributed by atoms with Crippen LogP contribution in [-0.2, 0) is 16.4 Å². The van der Waals surface area contributed by atoms with E-state index in [2.05, 4.69) is 10.4 Å². The molecular formula is C17H19N3O5S. The Morgan fingerprint density at radius 2 is 2.04 bits per heavy atom. The number of anilines is 1. The first-order valence-corrected chi connectivity index (χ1v) is 10.0. The lowest BCUT2D eigenvalue weighted by Crippen LogP contribution is -2.24. The van der Waals surface area contributed by atoms with E-state index in [-0.39, 0.29) is 16.1 Å². The fraction of sp³-hybridized carbons (Fsp3) is 0.353. The van der Waals surface area contributed by atoms with Gasteiger partial charge < -0.3 is 10.4 Å². The molecule has 0 saturated heterocycles. The molecule has 1 amide bonds. The number of sulfone groups is 1. The number of aromatic nitrogens is 2.